The summed E-state index contributed by atoms with van der Waals surface area (Å²) in [5.74, 6) is 0. The topological polar surface area (TPSA) is 66.6 Å². The van der Waals surface area contributed by atoms with Gasteiger partial charge in [0, 0.05) is 18.7 Å². The maximum atomic E-state index is 10.8. The van der Waals surface area contributed by atoms with Crippen molar-refractivity contribution in [3.05, 3.63) is 39.9 Å². The summed E-state index contributed by atoms with van der Waals surface area (Å²) < 4.78 is 0. The third-order valence-corrected chi connectivity index (χ3v) is 3.55. The van der Waals surface area contributed by atoms with Crippen LogP contribution in [0.1, 0.15) is 51.2 Å². The van der Waals surface area contributed by atoms with E-state index in [1.807, 2.05) is 0 Å². The molecule has 0 spiro atoms. The molecular weight excluding hydrogens is 268 g/mol. The first-order valence-electron chi connectivity index (χ1n) is 7.73. The Labute approximate surface area is 126 Å². The lowest BCUT2D eigenvalue weighted by Crippen LogP contribution is -2.30. The minimum atomic E-state index is -0.682. The highest BCUT2D eigenvalue weighted by atomic mass is 16.6. The molecule has 0 saturated carbocycles. The molecule has 0 aliphatic carbocycles. The van der Waals surface area contributed by atoms with E-state index in [1.165, 1.54) is 12.1 Å². The van der Waals surface area contributed by atoms with Crippen molar-refractivity contribution < 1.29 is 10.0 Å². The lowest BCUT2D eigenvalue weighted by molar-refractivity contribution is -0.385. The van der Waals surface area contributed by atoms with Gasteiger partial charge in [0.05, 0.1) is 11.0 Å². The Kier molecular flexibility index (Phi) is 7.93. The number of rotatable bonds is 10. The summed E-state index contributed by atoms with van der Waals surface area (Å²) >= 11 is 0. The van der Waals surface area contributed by atoms with Crippen LogP contribution in [-0.2, 0) is 0 Å². The van der Waals surface area contributed by atoms with Crippen LogP contribution in [0.3, 0.4) is 0 Å². The molecule has 1 aromatic carbocycles. The molecule has 0 bridgehead atoms. The van der Waals surface area contributed by atoms with Gasteiger partial charge in [-0.2, -0.15) is 0 Å². The van der Waals surface area contributed by atoms with Crippen LogP contribution in [-0.4, -0.2) is 34.6 Å². The number of aliphatic hydroxyl groups excluding tert-OH is 1. The summed E-state index contributed by atoms with van der Waals surface area (Å²) in [6.45, 7) is 6.75. The van der Waals surface area contributed by atoms with E-state index in [0.29, 0.717) is 12.1 Å². The molecule has 5 heteroatoms. The number of hydrogen-bond acceptors (Lipinski definition) is 4. The minimum Gasteiger partial charge on any atom is -0.387 e. The van der Waals surface area contributed by atoms with Crippen molar-refractivity contribution in [2.75, 3.05) is 19.6 Å². The Morgan fingerprint density at radius 2 is 1.86 bits per heavy atom. The molecule has 21 heavy (non-hydrogen) atoms. The molecule has 0 amide bonds. The van der Waals surface area contributed by atoms with Gasteiger partial charge in [0.1, 0.15) is 0 Å². The molecule has 1 unspecified atom stereocenters. The van der Waals surface area contributed by atoms with E-state index in [2.05, 4.69) is 18.7 Å². The Morgan fingerprint density at radius 1 is 1.24 bits per heavy atom. The van der Waals surface area contributed by atoms with E-state index in [9.17, 15) is 15.2 Å². The normalized spacial score (nSPS) is 12.6. The molecule has 0 fully saturated rings. The third-order valence-electron chi connectivity index (χ3n) is 3.55. The molecule has 0 saturated heterocycles. The summed E-state index contributed by atoms with van der Waals surface area (Å²) in [7, 11) is 0. The first-order chi connectivity index (χ1) is 10.1. The zero-order valence-corrected chi connectivity index (χ0v) is 13.0. The van der Waals surface area contributed by atoms with Crippen LogP contribution >= 0.6 is 0 Å². The van der Waals surface area contributed by atoms with Crippen molar-refractivity contribution in [1.82, 2.24) is 4.90 Å². The average Bonchev–Trinajstić information content (AvgIpc) is 2.49. The summed E-state index contributed by atoms with van der Waals surface area (Å²) in [6, 6.07) is 6.28. The lowest BCUT2D eigenvalue weighted by Gasteiger charge is -2.25. The first-order valence-corrected chi connectivity index (χ1v) is 7.73. The summed E-state index contributed by atoms with van der Waals surface area (Å²) in [5.41, 5.74) is 0.641. The molecule has 1 rings (SSSR count). The Hall–Kier alpha value is -1.46. The van der Waals surface area contributed by atoms with Crippen molar-refractivity contribution in [3.63, 3.8) is 0 Å². The average molecular weight is 294 g/mol. The van der Waals surface area contributed by atoms with Gasteiger partial charge in [-0.05, 0) is 31.5 Å². The van der Waals surface area contributed by atoms with Crippen LogP contribution in [0.4, 0.5) is 5.69 Å². The van der Waals surface area contributed by atoms with Crippen LogP contribution in [0, 0.1) is 10.1 Å². The predicted octanol–water partition coefficient (Wildman–Crippen LogP) is 3.53. The third kappa shape index (κ3) is 6.23. The van der Waals surface area contributed by atoms with Crippen LogP contribution in [0.2, 0.25) is 0 Å². The monoisotopic (exact) mass is 294 g/mol. The lowest BCUT2D eigenvalue weighted by atomic mass is 10.1. The van der Waals surface area contributed by atoms with Crippen LogP contribution in [0.25, 0.3) is 0 Å². The number of nitro benzene ring substituents is 1. The van der Waals surface area contributed by atoms with Crippen molar-refractivity contribution >= 4 is 5.69 Å². The molecule has 0 heterocycles. The molecular formula is C16H26N2O3. The number of unbranched alkanes of at least 4 members (excludes halogenated alkanes) is 2. The smallest absolute Gasteiger partial charge is 0.269 e. The summed E-state index contributed by atoms with van der Waals surface area (Å²) in [5, 5.41) is 21.1. The zero-order valence-electron chi connectivity index (χ0n) is 13.0. The SMILES string of the molecule is CCCCN(CCCC)CC(O)c1cccc([N+](=O)[O-])c1. The van der Waals surface area contributed by atoms with Gasteiger partial charge in [-0.1, -0.05) is 38.8 Å². The predicted molar refractivity (Wildman–Crippen MR) is 84.3 cm³/mol. The van der Waals surface area contributed by atoms with Gasteiger partial charge in [0.2, 0.25) is 0 Å². The Balaban J connectivity index is 2.68. The van der Waals surface area contributed by atoms with E-state index in [-0.39, 0.29) is 5.69 Å². The summed E-state index contributed by atoms with van der Waals surface area (Å²) in [6.07, 6.45) is 3.76. The van der Waals surface area contributed by atoms with Gasteiger partial charge < -0.3 is 10.0 Å². The summed E-state index contributed by atoms with van der Waals surface area (Å²) in [4.78, 5) is 12.6. The van der Waals surface area contributed by atoms with Gasteiger partial charge in [-0.3, -0.25) is 10.1 Å². The van der Waals surface area contributed by atoms with Crippen LogP contribution in [0.5, 0.6) is 0 Å². The maximum Gasteiger partial charge on any atom is 0.269 e. The second kappa shape index (κ2) is 9.47. The quantitative estimate of drug-likeness (QED) is 0.529. The van der Waals surface area contributed by atoms with E-state index >= 15 is 0 Å². The fourth-order valence-corrected chi connectivity index (χ4v) is 2.25. The van der Waals surface area contributed by atoms with Gasteiger partial charge in [-0.25, -0.2) is 0 Å². The largest absolute Gasteiger partial charge is 0.387 e. The highest BCUT2D eigenvalue weighted by Gasteiger charge is 2.15. The van der Waals surface area contributed by atoms with Gasteiger partial charge >= 0.3 is 0 Å². The van der Waals surface area contributed by atoms with E-state index in [4.69, 9.17) is 0 Å². The standard InChI is InChI=1S/C16H26N2O3/c1-3-5-10-17(11-6-4-2)13-16(19)14-8-7-9-15(12-14)18(20)21/h7-9,12,16,19H,3-6,10-11,13H2,1-2H3. The molecule has 5 nitrogen and oxygen atoms in total. The molecule has 0 aromatic heterocycles. The molecule has 0 aliphatic rings. The second-order valence-electron chi connectivity index (χ2n) is 5.38. The Morgan fingerprint density at radius 3 is 2.38 bits per heavy atom. The van der Waals surface area contributed by atoms with Gasteiger partial charge in [-0.15, -0.1) is 0 Å². The zero-order chi connectivity index (χ0) is 15.7. The minimum absolute atomic E-state index is 0.0280. The van der Waals surface area contributed by atoms with Crippen LogP contribution in [0.15, 0.2) is 24.3 Å². The van der Waals surface area contributed by atoms with E-state index < -0.39 is 11.0 Å². The van der Waals surface area contributed by atoms with Gasteiger partial charge in [0.15, 0.2) is 0 Å². The maximum absolute atomic E-state index is 10.8. The van der Waals surface area contributed by atoms with Crippen molar-refractivity contribution in [2.45, 2.75) is 45.6 Å². The van der Waals surface area contributed by atoms with E-state index in [1.54, 1.807) is 12.1 Å². The van der Waals surface area contributed by atoms with E-state index in [0.717, 1.165) is 38.8 Å². The highest BCUT2D eigenvalue weighted by Crippen LogP contribution is 2.20. The first kappa shape index (κ1) is 17.6. The fourth-order valence-electron chi connectivity index (χ4n) is 2.25. The van der Waals surface area contributed by atoms with Crippen molar-refractivity contribution in [2.24, 2.45) is 0 Å². The molecule has 118 valence electrons. The number of non-ortho nitro benzene ring substituents is 1. The van der Waals surface area contributed by atoms with Crippen molar-refractivity contribution in [1.29, 1.82) is 0 Å². The highest BCUT2D eigenvalue weighted by molar-refractivity contribution is 5.35. The molecule has 0 aliphatic heterocycles. The molecule has 1 N–H and O–H groups in total. The fraction of sp³-hybridized carbons (Fsp3) is 0.625. The molecule has 1 aromatic rings. The molecule has 0 radical (unpaired) electrons. The number of aliphatic hydroxyl groups is 1. The van der Waals surface area contributed by atoms with Crippen LogP contribution < -0.4 is 0 Å². The Bertz CT molecular complexity index is 429. The number of nitro groups is 1. The van der Waals surface area contributed by atoms with Gasteiger partial charge in [0.25, 0.3) is 5.69 Å². The number of hydrogen-bond donors (Lipinski definition) is 1. The second-order valence-corrected chi connectivity index (χ2v) is 5.38. The number of nitrogens with zero attached hydrogens (tertiary/aromatic N) is 2. The number of benzene rings is 1. The van der Waals surface area contributed by atoms with Crippen molar-refractivity contribution in [3.8, 4) is 0 Å². The molecule has 1 atom stereocenters.